The van der Waals surface area contributed by atoms with Crippen LogP contribution in [0.15, 0.2) is 103 Å². The summed E-state index contributed by atoms with van der Waals surface area (Å²) in [7, 11) is 0. The van der Waals surface area contributed by atoms with Gasteiger partial charge in [0.1, 0.15) is 5.75 Å². The van der Waals surface area contributed by atoms with Gasteiger partial charge in [0.15, 0.2) is 0 Å². The van der Waals surface area contributed by atoms with Crippen molar-refractivity contribution in [2.24, 2.45) is 0 Å². The molecule has 1 aliphatic carbocycles. The largest absolute Gasteiger partial charge is 0.494 e. The summed E-state index contributed by atoms with van der Waals surface area (Å²) in [5.74, 6) is -0.223. The molecule has 0 heterocycles. The number of carboxylic acid groups (broad SMARTS) is 1. The van der Waals surface area contributed by atoms with Crippen molar-refractivity contribution in [3.8, 4) is 5.75 Å². The molecule has 4 nitrogen and oxygen atoms in total. The Balaban J connectivity index is 1.34. The SMILES string of the molecule is O=C(O)C1(c2cccc(OCCCN(Cc3cccc(C(F)(F)F)c3Cl)CC(c3ccccc3)c3ccccc3)c2)CCC1. The molecule has 5 rings (SSSR count). The molecule has 0 saturated heterocycles. The van der Waals surface area contributed by atoms with Crippen molar-refractivity contribution >= 4 is 17.6 Å². The Morgan fingerprint density at radius 3 is 2.11 bits per heavy atom. The van der Waals surface area contributed by atoms with Crippen LogP contribution in [0, 0.1) is 0 Å². The number of aliphatic carboxylic acids is 1. The van der Waals surface area contributed by atoms with Gasteiger partial charge in [0.25, 0.3) is 0 Å². The third kappa shape index (κ3) is 7.28. The number of benzene rings is 4. The number of nitrogens with zero attached hydrogens (tertiary/aromatic N) is 1. The van der Waals surface area contributed by atoms with Gasteiger partial charge in [-0.1, -0.05) is 103 Å². The van der Waals surface area contributed by atoms with Crippen molar-refractivity contribution in [2.75, 3.05) is 19.7 Å². The average molecular weight is 622 g/mol. The Morgan fingerprint density at radius 1 is 0.909 bits per heavy atom. The van der Waals surface area contributed by atoms with E-state index in [0.29, 0.717) is 50.3 Å². The Kier molecular flexibility index (Phi) is 9.97. The van der Waals surface area contributed by atoms with E-state index in [9.17, 15) is 23.1 Å². The zero-order valence-electron chi connectivity index (χ0n) is 24.3. The summed E-state index contributed by atoms with van der Waals surface area (Å²) in [6.45, 7) is 1.69. The van der Waals surface area contributed by atoms with Crippen LogP contribution in [-0.2, 0) is 22.9 Å². The lowest BCUT2D eigenvalue weighted by atomic mass is 9.64. The quantitative estimate of drug-likeness (QED) is 0.151. The number of halogens is 4. The van der Waals surface area contributed by atoms with Crippen molar-refractivity contribution < 1.29 is 27.8 Å². The number of hydrogen-bond donors (Lipinski definition) is 1. The van der Waals surface area contributed by atoms with Crippen LogP contribution in [-0.4, -0.2) is 35.7 Å². The summed E-state index contributed by atoms with van der Waals surface area (Å²) in [4.78, 5) is 14.1. The summed E-state index contributed by atoms with van der Waals surface area (Å²) < 4.78 is 47.0. The molecule has 0 bridgehead atoms. The molecule has 0 unspecified atom stereocenters. The van der Waals surface area contributed by atoms with Gasteiger partial charge in [-0.3, -0.25) is 9.69 Å². The molecule has 0 aliphatic heterocycles. The molecule has 0 atom stereocenters. The van der Waals surface area contributed by atoms with Gasteiger partial charge in [-0.2, -0.15) is 13.2 Å². The standard InChI is InChI=1S/C36H35ClF3NO3/c37-33-28(15-7-18-32(33)36(38,39)40)24-41(25-31(26-11-3-1-4-12-26)27-13-5-2-6-14-27)21-10-22-44-30-17-8-16-29(23-30)35(34(42)43)19-9-20-35/h1-8,11-18,23,31H,9-10,19-22,24-25H2,(H,42,43). The lowest BCUT2D eigenvalue weighted by Gasteiger charge is -2.38. The molecule has 1 aliphatic rings. The molecular weight excluding hydrogens is 587 g/mol. The van der Waals surface area contributed by atoms with Crippen molar-refractivity contribution in [3.05, 3.63) is 136 Å². The van der Waals surface area contributed by atoms with E-state index in [2.05, 4.69) is 29.2 Å². The van der Waals surface area contributed by atoms with Crippen LogP contribution >= 0.6 is 11.6 Å². The maximum absolute atomic E-state index is 13.7. The molecule has 0 spiro atoms. The number of rotatable bonds is 13. The molecule has 4 aromatic carbocycles. The summed E-state index contributed by atoms with van der Waals surface area (Å²) in [5, 5.41) is 9.54. The van der Waals surface area contributed by atoms with Crippen LogP contribution in [0.3, 0.4) is 0 Å². The lowest BCUT2D eigenvalue weighted by molar-refractivity contribution is -0.147. The van der Waals surface area contributed by atoms with Gasteiger partial charge in [0.2, 0.25) is 0 Å². The van der Waals surface area contributed by atoms with Gasteiger partial charge in [0.05, 0.1) is 22.6 Å². The highest BCUT2D eigenvalue weighted by molar-refractivity contribution is 6.32. The first-order chi connectivity index (χ1) is 21.2. The molecular formula is C36H35ClF3NO3. The van der Waals surface area contributed by atoms with Crippen LogP contribution in [0.25, 0.3) is 0 Å². The van der Waals surface area contributed by atoms with Crippen LogP contribution in [0.4, 0.5) is 13.2 Å². The molecule has 44 heavy (non-hydrogen) atoms. The highest BCUT2D eigenvalue weighted by Crippen LogP contribution is 2.44. The van der Waals surface area contributed by atoms with Gasteiger partial charge in [-0.05, 0) is 59.7 Å². The van der Waals surface area contributed by atoms with Gasteiger partial charge >= 0.3 is 12.1 Å². The zero-order valence-corrected chi connectivity index (χ0v) is 25.0. The second kappa shape index (κ2) is 13.9. The van der Waals surface area contributed by atoms with E-state index in [1.165, 1.54) is 6.07 Å². The first-order valence-electron chi connectivity index (χ1n) is 14.8. The van der Waals surface area contributed by atoms with E-state index >= 15 is 0 Å². The van der Waals surface area contributed by atoms with E-state index in [-0.39, 0.29) is 17.5 Å². The minimum atomic E-state index is -4.55. The van der Waals surface area contributed by atoms with E-state index in [4.69, 9.17) is 16.3 Å². The number of carbonyl (C=O) groups is 1. The van der Waals surface area contributed by atoms with Crippen LogP contribution in [0.5, 0.6) is 5.75 Å². The topological polar surface area (TPSA) is 49.8 Å². The van der Waals surface area contributed by atoms with Crippen molar-refractivity contribution in [2.45, 2.75) is 49.7 Å². The van der Waals surface area contributed by atoms with Gasteiger partial charge in [-0.25, -0.2) is 0 Å². The van der Waals surface area contributed by atoms with Gasteiger partial charge in [0, 0.05) is 25.6 Å². The minimum Gasteiger partial charge on any atom is -0.494 e. The second-order valence-corrected chi connectivity index (χ2v) is 11.7. The molecule has 0 radical (unpaired) electrons. The Labute approximate surface area is 261 Å². The van der Waals surface area contributed by atoms with Crippen molar-refractivity contribution in [1.29, 1.82) is 0 Å². The smallest absolute Gasteiger partial charge is 0.417 e. The van der Waals surface area contributed by atoms with Crippen LogP contribution in [0.1, 0.15) is 59.4 Å². The Hall–Kier alpha value is -3.81. The van der Waals surface area contributed by atoms with Gasteiger partial charge in [-0.15, -0.1) is 0 Å². The van der Waals surface area contributed by atoms with Gasteiger partial charge < -0.3 is 9.84 Å². The Morgan fingerprint density at radius 2 is 1.55 bits per heavy atom. The zero-order chi connectivity index (χ0) is 31.2. The lowest BCUT2D eigenvalue weighted by Crippen LogP contribution is -2.42. The number of hydrogen-bond acceptors (Lipinski definition) is 3. The highest BCUT2D eigenvalue weighted by atomic mass is 35.5. The van der Waals surface area contributed by atoms with Crippen molar-refractivity contribution in [1.82, 2.24) is 4.90 Å². The number of carboxylic acids is 1. The maximum atomic E-state index is 13.7. The summed E-state index contributed by atoms with van der Waals surface area (Å²) in [6, 6.07) is 31.5. The number of alkyl halides is 3. The average Bonchev–Trinajstić information content (AvgIpc) is 2.98. The van der Waals surface area contributed by atoms with Crippen LogP contribution < -0.4 is 4.74 Å². The van der Waals surface area contributed by atoms with Crippen molar-refractivity contribution in [3.63, 3.8) is 0 Å². The van der Waals surface area contributed by atoms with E-state index in [1.807, 2.05) is 60.7 Å². The molecule has 230 valence electrons. The van der Waals surface area contributed by atoms with E-state index in [1.54, 1.807) is 6.07 Å². The summed E-state index contributed by atoms with van der Waals surface area (Å²) in [6.07, 6.45) is -1.83. The fraction of sp³-hybridized carbons (Fsp3) is 0.306. The second-order valence-electron chi connectivity index (χ2n) is 11.4. The summed E-state index contributed by atoms with van der Waals surface area (Å²) in [5.41, 5.74) is 1.70. The third-order valence-corrected chi connectivity index (χ3v) is 8.96. The predicted octanol–water partition coefficient (Wildman–Crippen LogP) is 8.97. The first-order valence-corrected chi connectivity index (χ1v) is 15.2. The molecule has 0 aromatic heterocycles. The minimum absolute atomic E-state index is 0.0192. The predicted molar refractivity (Wildman–Crippen MR) is 166 cm³/mol. The molecule has 8 heteroatoms. The monoisotopic (exact) mass is 621 g/mol. The number of ether oxygens (including phenoxy) is 1. The molecule has 0 amide bonds. The first kappa shape index (κ1) is 31.6. The van der Waals surface area contributed by atoms with Crippen LogP contribution in [0.2, 0.25) is 5.02 Å². The molecule has 1 saturated carbocycles. The van der Waals surface area contributed by atoms with E-state index < -0.39 is 23.1 Å². The molecule has 1 N–H and O–H groups in total. The third-order valence-electron chi connectivity index (χ3n) is 8.51. The highest BCUT2D eigenvalue weighted by Gasteiger charge is 2.46. The normalized spacial score (nSPS) is 14.4. The molecule has 4 aromatic rings. The fourth-order valence-electron chi connectivity index (χ4n) is 5.95. The van der Waals surface area contributed by atoms with E-state index in [0.717, 1.165) is 29.2 Å². The maximum Gasteiger partial charge on any atom is 0.417 e. The molecule has 1 fully saturated rings. The Bertz CT molecular complexity index is 1500. The summed E-state index contributed by atoms with van der Waals surface area (Å²) >= 11 is 6.33. The fourth-order valence-corrected chi connectivity index (χ4v) is 6.24.